The highest BCUT2D eigenvalue weighted by Crippen LogP contribution is 2.20. The summed E-state index contributed by atoms with van der Waals surface area (Å²) in [6.45, 7) is 0. The van der Waals surface area contributed by atoms with E-state index in [0.29, 0.717) is 15.8 Å². The molecule has 21 heavy (non-hydrogen) atoms. The molecule has 2 aromatic rings. The highest BCUT2D eigenvalue weighted by molar-refractivity contribution is 9.10. The van der Waals surface area contributed by atoms with E-state index in [9.17, 15) is 13.2 Å². The van der Waals surface area contributed by atoms with Crippen molar-refractivity contribution >= 4 is 31.6 Å². The largest absolute Gasteiger partial charge is 0.497 e. The molecule has 0 radical (unpaired) electrons. The van der Waals surface area contributed by atoms with Gasteiger partial charge in [-0.3, -0.25) is 4.79 Å². The minimum atomic E-state index is -3.68. The van der Waals surface area contributed by atoms with Crippen LogP contribution in [0.1, 0.15) is 10.4 Å². The lowest BCUT2D eigenvalue weighted by molar-refractivity contribution is 0.102. The Morgan fingerprint density at radius 3 is 2.29 bits per heavy atom. The van der Waals surface area contributed by atoms with Crippen LogP contribution in [0.25, 0.3) is 0 Å². The molecular formula is C15H13BrO4S. The first-order valence-corrected chi connectivity index (χ1v) is 8.53. The third-order valence-electron chi connectivity index (χ3n) is 2.91. The van der Waals surface area contributed by atoms with Crippen molar-refractivity contribution in [2.24, 2.45) is 0 Å². The molecule has 0 heterocycles. The summed E-state index contributed by atoms with van der Waals surface area (Å²) in [5, 5.41) is 0. The van der Waals surface area contributed by atoms with Crippen LogP contribution in [-0.4, -0.2) is 27.1 Å². The number of Topliss-reactive ketones (excluding diaryl/α,β-unsaturated/α-hetero) is 1. The molecule has 0 aliphatic heterocycles. The van der Waals surface area contributed by atoms with E-state index in [4.69, 9.17) is 4.74 Å². The summed E-state index contributed by atoms with van der Waals surface area (Å²) in [5.41, 5.74) is 0.356. The lowest BCUT2D eigenvalue weighted by Gasteiger charge is -2.06. The molecule has 0 bridgehead atoms. The van der Waals surface area contributed by atoms with Crippen LogP contribution < -0.4 is 4.74 Å². The van der Waals surface area contributed by atoms with Gasteiger partial charge in [-0.15, -0.1) is 0 Å². The Hall–Kier alpha value is -1.66. The van der Waals surface area contributed by atoms with Gasteiger partial charge in [-0.2, -0.15) is 0 Å². The average Bonchev–Trinajstić information content (AvgIpc) is 2.47. The van der Waals surface area contributed by atoms with Gasteiger partial charge in [0.15, 0.2) is 15.6 Å². The third kappa shape index (κ3) is 3.71. The van der Waals surface area contributed by atoms with Gasteiger partial charge in [0, 0.05) is 10.0 Å². The molecule has 0 atom stereocenters. The number of methoxy groups -OCH3 is 1. The number of ketones is 1. The fraction of sp³-hybridized carbons (Fsp3) is 0.133. The SMILES string of the molecule is COc1ccc(S(=O)(=O)CC(=O)c2ccccc2Br)cc1. The van der Waals surface area contributed by atoms with E-state index in [2.05, 4.69) is 15.9 Å². The van der Waals surface area contributed by atoms with Gasteiger partial charge in [-0.25, -0.2) is 8.42 Å². The molecule has 6 heteroatoms. The number of benzene rings is 2. The topological polar surface area (TPSA) is 60.4 Å². The molecule has 0 amide bonds. The van der Waals surface area contributed by atoms with E-state index in [0.717, 1.165) is 0 Å². The second kappa shape index (κ2) is 6.41. The molecular weight excluding hydrogens is 356 g/mol. The average molecular weight is 369 g/mol. The molecule has 0 N–H and O–H groups in total. The maximum Gasteiger partial charge on any atom is 0.185 e. The van der Waals surface area contributed by atoms with E-state index in [-0.39, 0.29) is 4.90 Å². The van der Waals surface area contributed by atoms with E-state index in [1.54, 1.807) is 36.4 Å². The van der Waals surface area contributed by atoms with E-state index < -0.39 is 21.4 Å². The lowest BCUT2D eigenvalue weighted by atomic mass is 10.1. The summed E-state index contributed by atoms with van der Waals surface area (Å²) in [5.74, 6) is -0.452. The van der Waals surface area contributed by atoms with Gasteiger partial charge in [0.05, 0.1) is 12.0 Å². The molecule has 2 rings (SSSR count). The Labute approximate surface area is 131 Å². The van der Waals surface area contributed by atoms with Gasteiger partial charge in [0.1, 0.15) is 11.5 Å². The smallest absolute Gasteiger partial charge is 0.185 e. The molecule has 0 fully saturated rings. The Morgan fingerprint density at radius 1 is 1.10 bits per heavy atom. The van der Waals surface area contributed by atoms with Gasteiger partial charge >= 0.3 is 0 Å². The number of rotatable bonds is 5. The predicted molar refractivity (Wildman–Crippen MR) is 83.5 cm³/mol. The monoisotopic (exact) mass is 368 g/mol. The van der Waals surface area contributed by atoms with Gasteiger partial charge in [0.2, 0.25) is 0 Å². The Kier molecular flexibility index (Phi) is 4.80. The summed E-state index contributed by atoms with van der Waals surface area (Å²) in [6.07, 6.45) is 0. The van der Waals surface area contributed by atoms with Crippen LogP contribution in [0.4, 0.5) is 0 Å². The fourth-order valence-electron chi connectivity index (χ4n) is 1.80. The Balaban J connectivity index is 2.24. The molecule has 0 spiro atoms. The first-order chi connectivity index (χ1) is 9.94. The summed E-state index contributed by atoms with van der Waals surface area (Å²) >= 11 is 3.25. The quantitative estimate of drug-likeness (QED) is 0.760. The molecule has 0 aliphatic carbocycles. The molecule has 0 unspecified atom stereocenters. The molecule has 4 nitrogen and oxygen atoms in total. The van der Waals surface area contributed by atoms with Gasteiger partial charge in [-0.05, 0) is 30.3 Å². The zero-order valence-corrected chi connectivity index (χ0v) is 13.6. The number of hydrogen-bond donors (Lipinski definition) is 0. The molecule has 0 aromatic heterocycles. The summed E-state index contributed by atoms with van der Waals surface area (Å²) in [6, 6.07) is 12.7. The Morgan fingerprint density at radius 2 is 1.71 bits per heavy atom. The van der Waals surface area contributed by atoms with Crippen LogP contribution in [0.2, 0.25) is 0 Å². The first-order valence-electron chi connectivity index (χ1n) is 6.08. The number of halogens is 1. The number of carbonyl (C=O) groups excluding carboxylic acids is 1. The van der Waals surface area contributed by atoms with Crippen molar-refractivity contribution in [2.45, 2.75) is 4.90 Å². The number of hydrogen-bond acceptors (Lipinski definition) is 4. The van der Waals surface area contributed by atoms with Gasteiger partial charge in [0.25, 0.3) is 0 Å². The Bertz CT molecular complexity index is 751. The van der Waals surface area contributed by atoms with Crippen LogP contribution in [-0.2, 0) is 9.84 Å². The number of carbonyl (C=O) groups is 1. The van der Waals surface area contributed by atoms with Crippen LogP contribution >= 0.6 is 15.9 Å². The normalized spacial score (nSPS) is 11.1. The van der Waals surface area contributed by atoms with Crippen LogP contribution in [0, 0.1) is 0 Å². The molecule has 0 saturated heterocycles. The van der Waals surface area contributed by atoms with E-state index >= 15 is 0 Å². The maximum absolute atomic E-state index is 12.2. The maximum atomic E-state index is 12.2. The molecule has 0 aliphatic rings. The van der Waals surface area contributed by atoms with Crippen molar-refractivity contribution < 1.29 is 17.9 Å². The van der Waals surface area contributed by atoms with E-state index in [1.165, 1.54) is 19.2 Å². The summed E-state index contributed by atoms with van der Waals surface area (Å²) in [4.78, 5) is 12.2. The van der Waals surface area contributed by atoms with Gasteiger partial charge < -0.3 is 4.74 Å². The zero-order chi connectivity index (χ0) is 15.5. The zero-order valence-electron chi connectivity index (χ0n) is 11.2. The lowest BCUT2D eigenvalue weighted by Crippen LogP contribution is -2.16. The van der Waals surface area contributed by atoms with Gasteiger partial charge in [-0.1, -0.05) is 34.1 Å². The first kappa shape index (κ1) is 15.7. The highest BCUT2D eigenvalue weighted by atomic mass is 79.9. The molecule has 110 valence electrons. The fourth-order valence-corrected chi connectivity index (χ4v) is 3.53. The van der Waals surface area contributed by atoms with E-state index in [1.807, 2.05) is 0 Å². The number of sulfone groups is 1. The second-order valence-electron chi connectivity index (χ2n) is 4.34. The van der Waals surface area contributed by atoms with Crippen molar-refractivity contribution in [2.75, 3.05) is 12.9 Å². The van der Waals surface area contributed by atoms with Crippen molar-refractivity contribution in [3.63, 3.8) is 0 Å². The summed E-state index contributed by atoms with van der Waals surface area (Å²) < 4.78 is 30.1. The van der Waals surface area contributed by atoms with Crippen LogP contribution in [0.5, 0.6) is 5.75 Å². The summed E-state index contributed by atoms with van der Waals surface area (Å²) in [7, 11) is -2.18. The predicted octanol–water partition coefficient (Wildman–Crippen LogP) is 3.11. The van der Waals surface area contributed by atoms with Crippen LogP contribution in [0.15, 0.2) is 57.9 Å². The third-order valence-corrected chi connectivity index (χ3v) is 5.24. The minimum Gasteiger partial charge on any atom is -0.497 e. The standard InChI is InChI=1S/C15H13BrO4S/c1-20-11-6-8-12(9-7-11)21(18,19)10-15(17)13-4-2-3-5-14(13)16/h2-9H,10H2,1H3. The molecule has 0 saturated carbocycles. The van der Waals surface area contributed by atoms with Crippen molar-refractivity contribution in [3.05, 3.63) is 58.6 Å². The second-order valence-corrected chi connectivity index (χ2v) is 7.18. The van der Waals surface area contributed by atoms with Crippen molar-refractivity contribution in [3.8, 4) is 5.75 Å². The van der Waals surface area contributed by atoms with Crippen molar-refractivity contribution in [1.29, 1.82) is 0 Å². The minimum absolute atomic E-state index is 0.101. The number of ether oxygens (including phenoxy) is 1. The van der Waals surface area contributed by atoms with Crippen molar-refractivity contribution in [1.82, 2.24) is 0 Å². The highest BCUT2D eigenvalue weighted by Gasteiger charge is 2.21. The van der Waals surface area contributed by atoms with Crippen LogP contribution in [0.3, 0.4) is 0 Å². The molecule has 2 aromatic carbocycles.